The standard InChI is InChI=1S/C27H36O7/c1-8-13(2)24(31)34-23-14(3)11-26-15(4)9-19-20(25(19,6)7)18(22(26)30)10-17(12-33-16(5)28)21(29)27(23,26)32/h8,10-11,15,18-21,23,29,32H,9,12H2,1-7H3/b13-8-/t15?,18-,19+,20-,21+,23-,26?,27-/m0/s1. The van der Waals surface area contributed by atoms with Crippen molar-refractivity contribution < 1.29 is 34.1 Å². The molecule has 0 aromatic carbocycles. The van der Waals surface area contributed by atoms with Gasteiger partial charge >= 0.3 is 11.9 Å². The molecule has 0 aromatic heterocycles. The smallest absolute Gasteiger partial charge is 0.334 e. The zero-order valence-electron chi connectivity index (χ0n) is 21.0. The lowest BCUT2D eigenvalue weighted by atomic mass is 9.59. The molecule has 2 unspecified atom stereocenters. The molecule has 0 aromatic rings. The van der Waals surface area contributed by atoms with E-state index in [-0.39, 0.29) is 41.1 Å². The Morgan fingerprint density at radius 2 is 1.91 bits per heavy atom. The molecular formula is C27H36O7. The molecule has 0 radical (unpaired) electrons. The molecule has 7 nitrogen and oxygen atoms in total. The molecule has 2 fully saturated rings. The first-order valence-electron chi connectivity index (χ1n) is 12.1. The number of allylic oxidation sites excluding steroid dienone is 2. The van der Waals surface area contributed by atoms with Gasteiger partial charge in [0.15, 0.2) is 17.5 Å². The summed E-state index contributed by atoms with van der Waals surface area (Å²) in [6.45, 7) is 12.3. The van der Waals surface area contributed by atoms with Gasteiger partial charge in [0, 0.05) is 18.4 Å². The van der Waals surface area contributed by atoms with E-state index in [1.165, 1.54) is 6.92 Å². The number of carbonyl (C=O) groups excluding carboxylic acids is 3. The van der Waals surface area contributed by atoms with Gasteiger partial charge in [0.2, 0.25) is 0 Å². The first kappa shape index (κ1) is 24.9. The number of rotatable bonds is 4. The van der Waals surface area contributed by atoms with Crippen molar-refractivity contribution in [3.8, 4) is 0 Å². The fourth-order valence-electron chi connectivity index (χ4n) is 7.08. The van der Waals surface area contributed by atoms with Gasteiger partial charge in [0.1, 0.15) is 12.7 Å². The van der Waals surface area contributed by atoms with E-state index in [0.29, 0.717) is 17.6 Å². The number of aliphatic hydroxyl groups excluding tert-OH is 1. The Balaban J connectivity index is 1.90. The Hall–Kier alpha value is -2.25. The lowest BCUT2D eigenvalue weighted by molar-refractivity contribution is -0.201. The van der Waals surface area contributed by atoms with Crippen LogP contribution in [0.4, 0.5) is 0 Å². The summed E-state index contributed by atoms with van der Waals surface area (Å²) in [5, 5.41) is 24.1. The zero-order chi connectivity index (χ0) is 25.4. The highest BCUT2D eigenvalue weighted by atomic mass is 16.6. The molecule has 4 aliphatic carbocycles. The van der Waals surface area contributed by atoms with Crippen molar-refractivity contribution in [2.45, 2.75) is 72.7 Å². The SMILES string of the molecule is C/C=C(/C)C(=O)O[C@H]1C(C)=CC23C(=O)[C@@H](C=C(COC(C)=O)[C@@H](O)[C@]12O)[C@H]1[C@@H](CC3C)C1(C)C. The summed E-state index contributed by atoms with van der Waals surface area (Å²) in [5.41, 5.74) is -2.47. The van der Waals surface area contributed by atoms with Crippen molar-refractivity contribution in [2.75, 3.05) is 6.61 Å². The van der Waals surface area contributed by atoms with E-state index in [9.17, 15) is 24.6 Å². The van der Waals surface area contributed by atoms with Crippen molar-refractivity contribution in [3.05, 3.63) is 34.9 Å². The van der Waals surface area contributed by atoms with Gasteiger partial charge in [-0.15, -0.1) is 0 Å². The van der Waals surface area contributed by atoms with E-state index in [4.69, 9.17) is 9.47 Å². The molecular weight excluding hydrogens is 436 g/mol. The Labute approximate surface area is 200 Å². The lowest BCUT2D eigenvalue weighted by Gasteiger charge is -2.48. The number of aliphatic hydroxyl groups is 2. The van der Waals surface area contributed by atoms with Gasteiger partial charge in [-0.3, -0.25) is 9.59 Å². The molecule has 186 valence electrons. The van der Waals surface area contributed by atoms with E-state index in [0.717, 1.165) is 0 Å². The van der Waals surface area contributed by atoms with Gasteiger partial charge in [-0.05, 0) is 61.5 Å². The number of fused-ring (bicyclic) bond motifs is 3. The Morgan fingerprint density at radius 1 is 1.26 bits per heavy atom. The number of ketones is 1. The molecule has 0 amide bonds. The van der Waals surface area contributed by atoms with Crippen LogP contribution in [-0.4, -0.2) is 52.4 Å². The highest BCUT2D eigenvalue weighted by molar-refractivity contribution is 5.96. The average Bonchev–Trinajstić information content (AvgIpc) is 3.26. The second-order valence-corrected chi connectivity index (χ2v) is 11.2. The van der Waals surface area contributed by atoms with Crippen molar-refractivity contribution in [1.29, 1.82) is 0 Å². The molecule has 34 heavy (non-hydrogen) atoms. The van der Waals surface area contributed by atoms with Crippen molar-refractivity contribution in [3.63, 3.8) is 0 Å². The Morgan fingerprint density at radius 3 is 2.50 bits per heavy atom. The van der Waals surface area contributed by atoms with Crippen molar-refractivity contribution in [2.24, 2.45) is 34.5 Å². The van der Waals surface area contributed by atoms with Crippen LogP contribution < -0.4 is 0 Å². The third kappa shape index (κ3) is 3.12. The highest BCUT2D eigenvalue weighted by Crippen LogP contribution is 2.71. The van der Waals surface area contributed by atoms with Gasteiger partial charge in [0.05, 0.1) is 5.41 Å². The molecule has 1 spiro atoms. The predicted octanol–water partition coefficient (Wildman–Crippen LogP) is 2.90. The Bertz CT molecular complexity index is 1030. The average molecular weight is 473 g/mol. The maximum atomic E-state index is 14.4. The summed E-state index contributed by atoms with van der Waals surface area (Å²) in [6, 6.07) is 0. The summed E-state index contributed by atoms with van der Waals surface area (Å²) >= 11 is 0. The summed E-state index contributed by atoms with van der Waals surface area (Å²) in [5.74, 6) is -1.83. The van der Waals surface area contributed by atoms with Gasteiger partial charge in [-0.1, -0.05) is 39.0 Å². The zero-order valence-corrected chi connectivity index (χ0v) is 21.0. The minimum atomic E-state index is -2.13. The van der Waals surface area contributed by atoms with E-state index in [1.54, 1.807) is 39.0 Å². The van der Waals surface area contributed by atoms with Crippen LogP contribution in [0.3, 0.4) is 0 Å². The van der Waals surface area contributed by atoms with Gasteiger partial charge in [0.25, 0.3) is 0 Å². The van der Waals surface area contributed by atoms with Crippen LogP contribution in [0, 0.1) is 34.5 Å². The number of hydrogen-bond donors (Lipinski definition) is 2. The molecule has 8 atom stereocenters. The van der Waals surface area contributed by atoms with Crippen molar-refractivity contribution in [1.82, 2.24) is 0 Å². The summed E-state index contributed by atoms with van der Waals surface area (Å²) < 4.78 is 11.0. The monoisotopic (exact) mass is 472 g/mol. The van der Waals surface area contributed by atoms with Crippen LogP contribution in [0.1, 0.15) is 54.9 Å². The molecule has 4 aliphatic rings. The second kappa shape index (κ2) is 7.89. The van der Waals surface area contributed by atoms with Crippen LogP contribution in [-0.2, 0) is 23.9 Å². The quantitative estimate of drug-likeness (QED) is 0.368. The van der Waals surface area contributed by atoms with Gasteiger partial charge in [-0.25, -0.2) is 4.79 Å². The lowest BCUT2D eigenvalue weighted by Crippen LogP contribution is -2.65. The molecule has 0 heterocycles. The third-order valence-electron chi connectivity index (χ3n) is 9.14. The molecule has 2 saturated carbocycles. The van der Waals surface area contributed by atoms with Crippen LogP contribution in [0.15, 0.2) is 34.9 Å². The van der Waals surface area contributed by atoms with E-state index in [1.807, 2.05) is 6.92 Å². The Kier molecular flexibility index (Phi) is 5.77. The minimum absolute atomic E-state index is 0.0566. The third-order valence-corrected chi connectivity index (χ3v) is 9.14. The van der Waals surface area contributed by atoms with Gasteiger partial charge in [-0.2, -0.15) is 0 Å². The summed E-state index contributed by atoms with van der Waals surface area (Å²) in [4.78, 5) is 38.7. The summed E-state index contributed by atoms with van der Waals surface area (Å²) in [7, 11) is 0. The number of esters is 2. The first-order chi connectivity index (χ1) is 15.7. The molecule has 0 saturated heterocycles. The number of hydrogen-bond acceptors (Lipinski definition) is 7. The first-order valence-corrected chi connectivity index (χ1v) is 12.1. The summed E-state index contributed by atoms with van der Waals surface area (Å²) in [6.07, 6.45) is 2.96. The van der Waals surface area contributed by atoms with Gasteiger partial charge < -0.3 is 19.7 Å². The maximum absolute atomic E-state index is 14.4. The number of ether oxygens (including phenoxy) is 2. The van der Waals surface area contributed by atoms with Crippen LogP contribution in [0.5, 0.6) is 0 Å². The molecule has 2 bridgehead atoms. The van der Waals surface area contributed by atoms with Crippen molar-refractivity contribution >= 4 is 17.7 Å². The number of carbonyl (C=O) groups is 3. The normalized spacial score (nSPS) is 42.4. The second-order valence-electron chi connectivity index (χ2n) is 11.2. The van der Waals surface area contributed by atoms with Crippen LogP contribution >= 0.6 is 0 Å². The van der Waals surface area contributed by atoms with E-state index in [2.05, 4.69) is 13.8 Å². The topological polar surface area (TPSA) is 110 Å². The fourth-order valence-corrected chi connectivity index (χ4v) is 7.08. The number of Topliss-reactive ketones (excluding diaryl/α,β-unsaturated/α-hetero) is 1. The molecule has 0 aliphatic heterocycles. The largest absolute Gasteiger partial charge is 0.461 e. The molecule has 4 rings (SSSR count). The minimum Gasteiger partial charge on any atom is -0.461 e. The predicted molar refractivity (Wildman–Crippen MR) is 124 cm³/mol. The van der Waals surface area contributed by atoms with E-state index < -0.39 is 41.1 Å². The molecule has 7 heteroatoms. The van der Waals surface area contributed by atoms with Crippen LogP contribution in [0.2, 0.25) is 0 Å². The maximum Gasteiger partial charge on any atom is 0.334 e. The fraction of sp³-hybridized carbons (Fsp3) is 0.667. The molecule has 2 N–H and O–H groups in total. The highest BCUT2D eigenvalue weighted by Gasteiger charge is 2.76. The van der Waals surface area contributed by atoms with E-state index >= 15 is 0 Å². The van der Waals surface area contributed by atoms with Crippen LogP contribution in [0.25, 0.3) is 0 Å².